The third kappa shape index (κ3) is 6.24. The van der Waals surface area contributed by atoms with Crippen molar-refractivity contribution in [2.24, 2.45) is 0 Å². The molecule has 21 heavy (non-hydrogen) atoms. The van der Waals surface area contributed by atoms with Gasteiger partial charge in [-0.2, -0.15) is 0 Å². The fourth-order valence-corrected chi connectivity index (χ4v) is 3.16. The van der Waals surface area contributed by atoms with E-state index in [1.807, 2.05) is 31.2 Å². The van der Waals surface area contributed by atoms with Gasteiger partial charge in [-0.3, -0.25) is 4.79 Å². The number of benzene rings is 1. The van der Waals surface area contributed by atoms with Gasteiger partial charge in [0.25, 0.3) is 0 Å². The molecule has 0 unspecified atom stereocenters. The lowest BCUT2D eigenvalue weighted by Crippen LogP contribution is -2.31. The van der Waals surface area contributed by atoms with Crippen LogP contribution in [0.2, 0.25) is 5.02 Å². The predicted molar refractivity (Wildman–Crippen MR) is 96.0 cm³/mol. The van der Waals surface area contributed by atoms with E-state index in [2.05, 4.69) is 24.1 Å². The number of thiocarbonyl (C=S) groups is 1. The van der Waals surface area contributed by atoms with E-state index in [-0.39, 0.29) is 11.9 Å². The molecule has 1 atom stereocenters. The second-order valence-electron chi connectivity index (χ2n) is 4.57. The molecule has 0 aliphatic heterocycles. The quantitative estimate of drug-likeness (QED) is 0.794. The normalized spacial score (nSPS) is 11.8. The smallest absolute Gasteiger partial charge is 0.230 e. The minimum Gasteiger partial charge on any atom is -0.358 e. The highest BCUT2D eigenvalue weighted by atomic mass is 35.5. The number of hydrogen-bond acceptors (Lipinski definition) is 3. The summed E-state index contributed by atoms with van der Waals surface area (Å²) in [6.07, 6.45) is 0. The summed E-state index contributed by atoms with van der Waals surface area (Å²) in [6.45, 7) is 7.79. The first-order valence-electron chi connectivity index (χ1n) is 6.94. The van der Waals surface area contributed by atoms with Crippen LogP contribution in [0.4, 0.5) is 0 Å². The molecule has 116 valence electrons. The zero-order valence-electron chi connectivity index (χ0n) is 12.6. The second-order valence-corrected chi connectivity index (χ2v) is 6.61. The van der Waals surface area contributed by atoms with Gasteiger partial charge in [-0.05, 0) is 38.5 Å². The molecule has 0 aliphatic carbocycles. The summed E-state index contributed by atoms with van der Waals surface area (Å²) < 4.78 is 0.772. The average Bonchev–Trinajstić information content (AvgIpc) is 2.47. The molecule has 0 radical (unpaired) electrons. The maximum absolute atomic E-state index is 12.0. The molecule has 3 nitrogen and oxygen atoms in total. The summed E-state index contributed by atoms with van der Waals surface area (Å²) in [5.74, 6) is 0.324. The maximum atomic E-state index is 12.0. The van der Waals surface area contributed by atoms with Gasteiger partial charge in [-0.15, -0.1) is 0 Å². The number of rotatable bonds is 6. The van der Waals surface area contributed by atoms with Crippen molar-refractivity contribution < 1.29 is 4.79 Å². The van der Waals surface area contributed by atoms with E-state index < -0.39 is 0 Å². The van der Waals surface area contributed by atoms with Gasteiger partial charge in [0.1, 0.15) is 4.32 Å². The van der Waals surface area contributed by atoms with Crippen molar-refractivity contribution in [1.29, 1.82) is 0 Å². The van der Waals surface area contributed by atoms with Crippen molar-refractivity contribution in [2.75, 3.05) is 18.8 Å². The van der Waals surface area contributed by atoms with Gasteiger partial charge >= 0.3 is 0 Å². The molecule has 0 spiro atoms. The summed E-state index contributed by atoms with van der Waals surface area (Å²) in [5.41, 5.74) is 1.03. The highest BCUT2D eigenvalue weighted by Crippen LogP contribution is 2.16. The number of carbonyl (C=O) groups is 1. The van der Waals surface area contributed by atoms with Crippen molar-refractivity contribution in [3.63, 3.8) is 0 Å². The van der Waals surface area contributed by atoms with Gasteiger partial charge in [-0.25, -0.2) is 0 Å². The van der Waals surface area contributed by atoms with E-state index in [0.717, 1.165) is 23.0 Å². The van der Waals surface area contributed by atoms with Crippen LogP contribution < -0.4 is 5.32 Å². The SMILES string of the molecule is CCN(CC)C(=S)SCC(=O)N[C@@H](C)c1ccc(Cl)cc1. The van der Waals surface area contributed by atoms with Crippen LogP contribution in [0, 0.1) is 0 Å². The molecular formula is C15H21ClN2OS2. The Morgan fingerprint density at radius 2 is 1.90 bits per heavy atom. The third-order valence-electron chi connectivity index (χ3n) is 3.10. The maximum Gasteiger partial charge on any atom is 0.230 e. The number of carbonyl (C=O) groups excluding carboxylic acids is 1. The van der Waals surface area contributed by atoms with E-state index in [1.165, 1.54) is 11.8 Å². The van der Waals surface area contributed by atoms with Crippen molar-refractivity contribution in [2.45, 2.75) is 26.8 Å². The Balaban J connectivity index is 2.43. The van der Waals surface area contributed by atoms with Gasteiger partial charge in [-0.1, -0.05) is 47.7 Å². The highest BCUT2D eigenvalue weighted by Gasteiger charge is 2.12. The summed E-state index contributed by atoms with van der Waals surface area (Å²) in [7, 11) is 0. The molecular weight excluding hydrogens is 324 g/mol. The molecule has 1 N–H and O–H groups in total. The first-order chi connectivity index (χ1) is 9.97. The molecule has 1 amide bonds. The van der Waals surface area contributed by atoms with Gasteiger partial charge < -0.3 is 10.2 Å². The molecule has 1 aromatic rings. The number of hydrogen-bond donors (Lipinski definition) is 1. The molecule has 0 fully saturated rings. The Kier molecular flexibility index (Phi) is 8.07. The molecule has 0 heterocycles. The molecule has 1 aromatic carbocycles. The zero-order valence-corrected chi connectivity index (χ0v) is 14.9. The Labute approximate surface area is 141 Å². The van der Waals surface area contributed by atoms with Gasteiger partial charge in [0, 0.05) is 18.1 Å². The van der Waals surface area contributed by atoms with Crippen LogP contribution in [0.3, 0.4) is 0 Å². The Bertz CT molecular complexity index is 475. The van der Waals surface area contributed by atoms with Crippen molar-refractivity contribution in [1.82, 2.24) is 10.2 Å². The molecule has 0 aromatic heterocycles. The largest absolute Gasteiger partial charge is 0.358 e. The number of halogens is 1. The zero-order chi connectivity index (χ0) is 15.8. The molecule has 0 saturated carbocycles. The van der Waals surface area contributed by atoms with Crippen molar-refractivity contribution in [3.05, 3.63) is 34.9 Å². The number of nitrogens with zero attached hydrogens (tertiary/aromatic N) is 1. The van der Waals surface area contributed by atoms with Crippen LogP contribution in [-0.2, 0) is 4.79 Å². The van der Waals surface area contributed by atoms with Crippen LogP contribution in [0.1, 0.15) is 32.4 Å². The van der Waals surface area contributed by atoms with Crippen LogP contribution in [0.15, 0.2) is 24.3 Å². The first kappa shape index (κ1) is 18.3. The van der Waals surface area contributed by atoms with Crippen LogP contribution in [0.25, 0.3) is 0 Å². The van der Waals surface area contributed by atoms with Crippen molar-refractivity contribution >= 4 is 45.8 Å². The minimum absolute atomic E-state index is 0.0167. The van der Waals surface area contributed by atoms with Gasteiger partial charge in [0.15, 0.2) is 0 Å². The van der Waals surface area contributed by atoms with E-state index in [1.54, 1.807) is 0 Å². The lowest BCUT2D eigenvalue weighted by molar-refractivity contribution is -0.119. The fraction of sp³-hybridized carbons (Fsp3) is 0.467. The van der Waals surface area contributed by atoms with Crippen LogP contribution >= 0.6 is 35.6 Å². The molecule has 0 saturated heterocycles. The van der Waals surface area contributed by atoms with Gasteiger partial charge in [0.05, 0.1) is 11.8 Å². The van der Waals surface area contributed by atoms with Crippen molar-refractivity contribution in [3.8, 4) is 0 Å². The van der Waals surface area contributed by atoms with E-state index in [0.29, 0.717) is 10.8 Å². The van der Waals surface area contributed by atoms with Crippen LogP contribution in [-0.4, -0.2) is 34.0 Å². The van der Waals surface area contributed by atoms with E-state index >= 15 is 0 Å². The molecule has 0 bridgehead atoms. The average molecular weight is 345 g/mol. The molecule has 0 aliphatic rings. The lowest BCUT2D eigenvalue weighted by Gasteiger charge is -2.21. The van der Waals surface area contributed by atoms with E-state index in [9.17, 15) is 4.79 Å². The molecule has 6 heteroatoms. The Hall–Kier alpha value is -0.780. The first-order valence-corrected chi connectivity index (χ1v) is 8.71. The highest BCUT2D eigenvalue weighted by molar-refractivity contribution is 8.23. The summed E-state index contributed by atoms with van der Waals surface area (Å²) in [4.78, 5) is 14.0. The number of thioether (sulfide) groups is 1. The second kappa shape index (κ2) is 9.28. The third-order valence-corrected chi connectivity index (χ3v) is 4.87. The molecule has 1 rings (SSSR count). The fourth-order valence-electron chi connectivity index (χ4n) is 1.82. The number of amides is 1. The summed E-state index contributed by atoms with van der Waals surface area (Å²) >= 11 is 12.6. The summed E-state index contributed by atoms with van der Waals surface area (Å²) in [5, 5.41) is 3.66. The Morgan fingerprint density at radius 3 is 2.43 bits per heavy atom. The Morgan fingerprint density at radius 1 is 1.33 bits per heavy atom. The van der Waals surface area contributed by atoms with Crippen LogP contribution in [0.5, 0.6) is 0 Å². The predicted octanol–water partition coefficient (Wildman–Crippen LogP) is 3.88. The number of nitrogens with one attached hydrogen (secondary N) is 1. The topological polar surface area (TPSA) is 32.3 Å². The summed E-state index contributed by atoms with van der Waals surface area (Å²) in [6, 6.07) is 7.44. The monoisotopic (exact) mass is 344 g/mol. The standard InChI is InChI=1S/C15H21ClN2OS2/c1-4-18(5-2)15(20)21-10-14(19)17-11(3)12-6-8-13(16)9-7-12/h6-9,11H,4-5,10H2,1-3H3,(H,17,19)/t11-/m0/s1. The van der Waals surface area contributed by atoms with Gasteiger partial charge in [0.2, 0.25) is 5.91 Å². The van der Waals surface area contributed by atoms with E-state index in [4.69, 9.17) is 23.8 Å². The minimum atomic E-state index is -0.0441. The lowest BCUT2D eigenvalue weighted by atomic mass is 10.1.